The van der Waals surface area contributed by atoms with Crippen LogP contribution in [0.1, 0.15) is 59.6 Å². The third-order valence-corrected chi connectivity index (χ3v) is 5.15. The minimum atomic E-state index is -1.35. The fourth-order valence-electron chi connectivity index (χ4n) is 3.75. The van der Waals surface area contributed by atoms with Crippen LogP contribution in [-0.4, -0.2) is 27.5 Å². The molecule has 1 aliphatic carbocycles. The normalized spacial score (nSPS) is 15.9. The Bertz CT molecular complexity index is 897. The van der Waals surface area contributed by atoms with Crippen LogP contribution in [0.4, 0.5) is 0 Å². The van der Waals surface area contributed by atoms with Gasteiger partial charge in [0.15, 0.2) is 17.5 Å². The first-order valence-corrected chi connectivity index (χ1v) is 9.29. The predicted molar refractivity (Wildman–Crippen MR) is 98.5 cm³/mol. The van der Waals surface area contributed by atoms with Gasteiger partial charge >= 0.3 is 0 Å². The number of hydrogen-bond acceptors (Lipinski definition) is 5. The molecule has 1 saturated carbocycles. The molecule has 0 saturated heterocycles. The lowest BCUT2D eigenvalue weighted by Gasteiger charge is -2.23. The van der Waals surface area contributed by atoms with E-state index in [1.165, 1.54) is 6.42 Å². The molecule has 1 amide bonds. The fourth-order valence-corrected chi connectivity index (χ4v) is 3.75. The molecule has 0 aromatic carbocycles. The maximum Gasteiger partial charge on any atom is 0.245 e. The highest BCUT2D eigenvalue weighted by molar-refractivity contribution is 6.12. The van der Waals surface area contributed by atoms with E-state index in [-0.39, 0.29) is 6.04 Å². The first-order chi connectivity index (χ1) is 12.9. The zero-order chi connectivity index (χ0) is 19.6. The Labute approximate surface area is 158 Å². The van der Waals surface area contributed by atoms with Crippen LogP contribution in [0.15, 0.2) is 16.7 Å². The van der Waals surface area contributed by atoms with Gasteiger partial charge in [0.2, 0.25) is 5.91 Å². The van der Waals surface area contributed by atoms with Crippen molar-refractivity contribution >= 4 is 11.7 Å². The largest absolute Gasteiger partial charge is 0.360 e. The molecule has 2 aromatic heterocycles. The van der Waals surface area contributed by atoms with Crippen LogP contribution in [0.3, 0.4) is 0 Å². The van der Waals surface area contributed by atoms with E-state index in [0.29, 0.717) is 22.8 Å². The molecule has 0 radical (unpaired) electrons. The van der Waals surface area contributed by atoms with Crippen LogP contribution in [0, 0.1) is 38.0 Å². The van der Waals surface area contributed by atoms with E-state index < -0.39 is 17.6 Å². The smallest absolute Gasteiger partial charge is 0.245 e. The maximum absolute atomic E-state index is 12.9. The van der Waals surface area contributed by atoms with E-state index in [1.807, 2.05) is 13.0 Å². The van der Waals surface area contributed by atoms with Gasteiger partial charge in [-0.25, -0.2) is 0 Å². The second-order valence-electron chi connectivity index (χ2n) is 7.19. The summed E-state index contributed by atoms with van der Waals surface area (Å²) in [6, 6.07) is 5.40. The van der Waals surface area contributed by atoms with Gasteiger partial charge in [-0.05, 0) is 39.7 Å². The molecule has 7 heteroatoms. The molecule has 0 aliphatic heterocycles. The zero-order valence-corrected chi connectivity index (χ0v) is 15.9. The Hall–Kier alpha value is -2.88. The number of nitrogens with one attached hydrogen (secondary N) is 1. The third-order valence-electron chi connectivity index (χ3n) is 5.15. The summed E-state index contributed by atoms with van der Waals surface area (Å²) < 4.78 is 6.91. The molecule has 1 unspecified atom stereocenters. The van der Waals surface area contributed by atoms with Gasteiger partial charge in [0.1, 0.15) is 5.76 Å². The minimum Gasteiger partial charge on any atom is -0.360 e. The molecule has 1 N–H and O–H groups in total. The highest BCUT2D eigenvalue weighted by Crippen LogP contribution is 2.24. The van der Waals surface area contributed by atoms with Crippen LogP contribution < -0.4 is 5.32 Å². The number of ketones is 1. The summed E-state index contributed by atoms with van der Waals surface area (Å²) in [6.45, 7) is 5.41. The first-order valence-electron chi connectivity index (χ1n) is 9.29. The standard InChI is InChI=1S/C20H24N4O3/c1-12-9-16(14(3)24(12)18-10-13(2)27-23-18)19(25)17(11-21)20(26)22-15-7-5-4-6-8-15/h9-10,15,17H,4-8H2,1-3H3,(H,22,26). The van der Waals surface area contributed by atoms with Crippen molar-refractivity contribution in [2.75, 3.05) is 0 Å². The molecule has 0 bridgehead atoms. The molecular weight excluding hydrogens is 344 g/mol. The number of carbonyl (C=O) groups is 2. The van der Waals surface area contributed by atoms with Crippen LogP contribution >= 0.6 is 0 Å². The van der Waals surface area contributed by atoms with Crippen LogP contribution in [0.2, 0.25) is 0 Å². The van der Waals surface area contributed by atoms with Gasteiger partial charge in [0.25, 0.3) is 0 Å². The molecule has 2 heterocycles. The number of Topliss-reactive ketones (excluding diaryl/α,β-unsaturated/α-hetero) is 1. The maximum atomic E-state index is 12.9. The number of rotatable bonds is 5. The molecule has 3 rings (SSSR count). The number of nitrogens with zero attached hydrogens (tertiary/aromatic N) is 3. The highest BCUT2D eigenvalue weighted by Gasteiger charge is 2.32. The van der Waals surface area contributed by atoms with Gasteiger partial charge < -0.3 is 9.84 Å². The summed E-state index contributed by atoms with van der Waals surface area (Å²) in [4.78, 5) is 25.5. The number of carbonyl (C=O) groups excluding carboxylic acids is 2. The molecule has 1 fully saturated rings. The Morgan fingerprint density at radius 2 is 1.96 bits per heavy atom. The van der Waals surface area contributed by atoms with Gasteiger partial charge in [0.05, 0.1) is 6.07 Å². The van der Waals surface area contributed by atoms with Crippen molar-refractivity contribution in [1.29, 1.82) is 5.26 Å². The summed E-state index contributed by atoms with van der Waals surface area (Å²) >= 11 is 0. The molecule has 27 heavy (non-hydrogen) atoms. The van der Waals surface area contributed by atoms with Gasteiger partial charge in [-0.2, -0.15) is 5.26 Å². The highest BCUT2D eigenvalue weighted by atomic mass is 16.5. The van der Waals surface area contributed by atoms with Crippen LogP contribution in [0.25, 0.3) is 5.82 Å². The average Bonchev–Trinajstić information content (AvgIpc) is 3.18. The van der Waals surface area contributed by atoms with Crippen molar-refractivity contribution < 1.29 is 14.1 Å². The van der Waals surface area contributed by atoms with E-state index in [4.69, 9.17) is 4.52 Å². The number of amides is 1. The monoisotopic (exact) mass is 368 g/mol. The molecule has 1 atom stereocenters. The van der Waals surface area contributed by atoms with Crippen molar-refractivity contribution in [1.82, 2.24) is 15.0 Å². The number of nitriles is 1. The Balaban J connectivity index is 1.83. The third kappa shape index (κ3) is 3.80. The lowest BCUT2D eigenvalue weighted by atomic mass is 9.93. The second-order valence-corrected chi connectivity index (χ2v) is 7.19. The molecule has 0 spiro atoms. The number of aryl methyl sites for hydroxylation is 2. The summed E-state index contributed by atoms with van der Waals surface area (Å²) in [7, 11) is 0. The van der Waals surface area contributed by atoms with E-state index in [2.05, 4.69) is 10.5 Å². The van der Waals surface area contributed by atoms with Crippen LogP contribution in [-0.2, 0) is 4.79 Å². The molecule has 142 valence electrons. The fraction of sp³-hybridized carbons (Fsp3) is 0.500. The van der Waals surface area contributed by atoms with Gasteiger partial charge in [0, 0.05) is 29.1 Å². The van der Waals surface area contributed by atoms with E-state index in [1.54, 1.807) is 30.5 Å². The second kappa shape index (κ2) is 7.78. The van der Waals surface area contributed by atoms with E-state index in [9.17, 15) is 14.9 Å². The Morgan fingerprint density at radius 3 is 2.56 bits per heavy atom. The first kappa shape index (κ1) is 18.9. The SMILES string of the molecule is Cc1cc(-n2c(C)cc(C(=O)C(C#N)C(=O)NC3CCCCC3)c2C)no1. The van der Waals surface area contributed by atoms with Crippen molar-refractivity contribution in [3.63, 3.8) is 0 Å². The quantitative estimate of drug-likeness (QED) is 0.645. The zero-order valence-electron chi connectivity index (χ0n) is 15.9. The Kier molecular flexibility index (Phi) is 5.45. The topological polar surface area (TPSA) is 101 Å². The van der Waals surface area contributed by atoms with Crippen molar-refractivity contribution in [3.8, 4) is 11.9 Å². The molecular formula is C20H24N4O3. The minimum absolute atomic E-state index is 0.0560. The predicted octanol–water partition coefficient (Wildman–Crippen LogP) is 3.16. The summed E-state index contributed by atoms with van der Waals surface area (Å²) in [5.41, 5.74) is 1.78. The number of aromatic nitrogens is 2. The lowest BCUT2D eigenvalue weighted by molar-refractivity contribution is -0.123. The summed E-state index contributed by atoms with van der Waals surface area (Å²) in [6.07, 6.45) is 5.10. The van der Waals surface area contributed by atoms with E-state index >= 15 is 0 Å². The van der Waals surface area contributed by atoms with Crippen LogP contribution in [0.5, 0.6) is 0 Å². The van der Waals surface area contributed by atoms with Gasteiger partial charge in [-0.15, -0.1) is 0 Å². The average molecular weight is 368 g/mol. The molecule has 2 aromatic rings. The lowest BCUT2D eigenvalue weighted by Crippen LogP contribution is -2.42. The van der Waals surface area contributed by atoms with E-state index in [0.717, 1.165) is 31.4 Å². The molecule has 1 aliphatic rings. The number of hydrogen-bond donors (Lipinski definition) is 1. The van der Waals surface area contributed by atoms with Crippen molar-refractivity contribution in [2.24, 2.45) is 5.92 Å². The summed E-state index contributed by atoms with van der Waals surface area (Å²) in [5.74, 6) is -1.10. The summed E-state index contributed by atoms with van der Waals surface area (Å²) in [5, 5.41) is 16.3. The molecule has 7 nitrogen and oxygen atoms in total. The van der Waals surface area contributed by atoms with Gasteiger partial charge in [-0.3, -0.25) is 14.2 Å². The van der Waals surface area contributed by atoms with Gasteiger partial charge in [-0.1, -0.05) is 24.4 Å². The van der Waals surface area contributed by atoms with Crippen molar-refractivity contribution in [3.05, 3.63) is 34.8 Å². The van der Waals surface area contributed by atoms with Crippen molar-refractivity contribution in [2.45, 2.75) is 58.9 Å². The Morgan fingerprint density at radius 1 is 1.26 bits per heavy atom.